The molecule has 1 unspecified atom stereocenters. The number of morpholine rings is 1. The molecule has 3 rings (SSSR count). The van der Waals surface area contributed by atoms with Crippen molar-refractivity contribution in [3.05, 3.63) is 46.0 Å². The molecular weight excluding hydrogens is 436 g/mol. The fourth-order valence-corrected chi connectivity index (χ4v) is 3.92. The number of ether oxygens (including phenoxy) is 1. The highest BCUT2D eigenvalue weighted by molar-refractivity contribution is 7.17. The van der Waals surface area contributed by atoms with E-state index in [1.165, 1.54) is 19.1 Å². The fraction of sp³-hybridized carbons (Fsp3) is 0.444. The fourth-order valence-electron chi connectivity index (χ4n) is 2.87. The Labute approximate surface area is 171 Å². The molecule has 0 saturated carbocycles. The Morgan fingerprint density at radius 3 is 2.43 bits per heavy atom. The van der Waals surface area contributed by atoms with E-state index in [0.717, 1.165) is 12.1 Å². The molecule has 1 amide bonds. The Kier molecular flexibility index (Phi) is 6.27. The number of amides is 1. The lowest BCUT2D eigenvalue weighted by Gasteiger charge is -2.26. The lowest BCUT2D eigenvalue weighted by Crippen LogP contribution is -2.36. The second kappa shape index (κ2) is 8.42. The number of halogens is 6. The third kappa shape index (κ3) is 5.04. The summed E-state index contributed by atoms with van der Waals surface area (Å²) >= 11 is 0.593. The highest BCUT2D eigenvalue weighted by Crippen LogP contribution is 2.38. The van der Waals surface area contributed by atoms with Gasteiger partial charge in [0.05, 0.1) is 24.8 Å². The maximum absolute atomic E-state index is 13.4. The van der Waals surface area contributed by atoms with E-state index in [4.69, 9.17) is 4.74 Å². The van der Waals surface area contributed by atoms with Gasteiger partial charge in [0.25, 0.3) is 5.91 Å². The van der Waals surface area contributed by atoms with Gasteiger partial charge in [0.15, 0.2) is 10.8 Å². The van der Waals surface area contributed by atoms with Crippen molar-refractivity contribution >= 4 is 22.4 Å². The van der Waals surface area contributed by atoms with E-state index in [0.29, 0.717) is 37.6 Å². The highest BCUT2D eigenvalue weighted by atomic mass is 32.1. The van der Waals surface area contributed by atoms with Gasteiger partial charge in [-0.25, -0.2) is 4.98 Å². The highest BCUT2D eigenvalue weighted by Gasteiger charge is 2.40. The Balaban J connectivity index is 1.84. The largest absolute Gasteiger partial charge is 0.435 e. The van der Waals surface area contributed by atoms with Crippen LogP contribution in [-0.4, -0.2) is 37.2 Å². The summed E-state index contributed by atoms with van der Waals surface area (Å²) in [4.78, 5) is 17.1. The van der Waals surface area contributed by atoms with Gasteiger partial charge < -0.3 is 15.0 Å². The van der Waals surface area contributed by atoms with Crippen LogP contribution in [0.4, 0.5) is 31.5 Å². The molecular formula is C18H17F6N3O2S. The Morgan fingerprint density at radius 2 is 1.83 bits per heavy atom. The molecule has 1 atom stereocenters. The lowest BCUT2D eigenvalue weighted by atomic mass is 10.0. The summed E-state index contributed by atoms with van der Waals surface area (Å²) in [6.07, 6.45) is -9.43. The molecule has 0 spiro atoms. The first-order chi connectivity index (χ1) is 14.0. The Hall–Kier alpha value is -2.34. The molecule has 1 aliphatic heterocycles. The third-order valence-electron chi connectivity index (χ3n) is 4.43. The molecule has 1 saturated heterocycles. The topological polar surface area (TPSA) is 54.5 Å². The molecule has 12 heteroatoms. The maximum atomic E-state index is 13.4. The molecule has 2 aromatic rings. The van der Waals surface area contributed by atoms with E-state index in [1.54, 1.807) is 4.90 Å². The van der Waals surface area contributed by atoms with Crippen LogP contribution >= 0.6 is 11.3 Å². The summed E-state index contributed by atoms with van der Waals surface area (Å²) in [5, 5.41) is 2.38. The summed E-state index contributed by atoms with van der Waals surface area (Å²) in [5.41, 5.74) is -2.11. The van der Waals surface area contributed by atoms with Crippen molar-refractivity contribution in [2.75, 3.05) is 31.2 Å². The summed E-state index contributed by atoms with van der Waals surface area (Å²) in [6.45, 7) is 2.73. The summed E-state index contributed by atoms with van der Waals surface area (Å²) in [6, 6.07) is 3.30. The van der Waals surface area contributed by atoms with Crippen LogP contribution in [-0.2, 0) is 17.1 Å². The number of benzene rings is 1. The SMILES string of the molecule is CC(NC(=O)c1sc(N2CCOCC2)nc1C(F)(F)F)c1cccc(C(F)(F)F)c1. The Morgan fingerprint density at radius 1 is 1.17 bits per heavy atom. The maximum Gasteiger partial charge on any atom is 0.435 e. The van der Waals surface area contributed by atoms with E-state index in [1.807, 2.05) is 0 Å². The van der Waals surface area contributed by atoms with E-state index < -0.39 is 40.4 Å². The predicted molar refractivity (Wildman–Crippen MR) is 97.5 cm³/mol. The molecule has 0 bridgehead atoms. The van der Waals surface area contributed by atoms with E-state index in [9.17, 15) is 31.1 Å². The number of nitrogens with zero attached hydrogens (tertiary/aromatic N) is 2. The normalized spacial score (nSPS) is 16.4. The number of nitrogens with one attached hydrogen (secondary N) is 1. The molecule has 1 aliphatic rings. The van der Waals surface area contributed by atoms with Crippen molar-refractivity contribution in [2.24, 2.45) is 0 Å². The second-order valence-corrected chi connectivity index (χ2v) is 7.57. The molecule has 2 heterocycles. The molecule has 1 aromatic heterocycles. The van der Waals surface area contributed by atoms with E-state index >= 15 is 0 Å². The minimum absolute atomic E-state index is 0.0440. The van der Waals surface area contributed by atoms with Gasteiger partial charge in [-0.15, -0.1) is 0 Å². The zero-order chi connectivity index (χ0) is 22.1. The first kappa shape index (κ1) is 22.3. The van der Waals surface area contributed by atoms with Crippen LogP contribution in [0.2, 0.25) is 0 Å². The van der Waals surface area contributed by atoms with Crippen LogP contribution in [0.5, 0.6) is 0 Å². The standard InChI is InChI=1S/C18H17F6N3O2S/c1-10(11-3-2-4-12(9-11)17(19,20)21)25-15(28)13-14(18(22,23)24)26-16(30-13)27-5-7-29-8-6-27/h2-4,9-10H,5-8H2,1H3,(H,25,28). The van der Waals surface area contributed by atoms with Crippen molar-refractivity contribution in [2.45, 2.75) is 25.3 Å². The van der Waals surface area contributed by atoms with Crippen LogP contribution < -0.4 is 10.2 Å². The zero-order valence-electron chi connectivity index (χ0n) is 15.6. The molecule has 1 fully saturated rings. The van der Waals surface area contributed by atoms with Gasteiger partial charge >= 0.3 is 12.4 Å². The Bertz CT molecular complexity index is 906. The molecule has 30 heavy (non-hydrogen) atoms. The van der Waals surface area contributed by atoms with E-state index in [2.05, 4.69) is 10.3 Å². The number of hydrogen-bond acceptors (Lipinski definition) is 5. The van der Waals surface area contributed by atoms with E-state index in [-0.39, 0.29) is 10.7 Å². The van der Waals surface area contributed by atoms with Crippen molar-refractivity contribution in [3.8, 4) is 0 Å². The monoisotopic (exact) mass is 453 g/mol. The van der Waals surface area contributed by atoms with Crippen LogP contribution in [0, 0.1) is 0 Å². The van der Waals surface area contributed by atoms with Gasteiger partial charge in [0.1, 0.15) is 4.88 Å². The van der Waals surface area contributed by atoms with Crippen molar-refractivity contribution in [1.82, 2.24) is 10.3 Å². The van der Waals surface area contributed by atoms with Crippen LogP contribution in [0.25, 0.3) is 0 Å². The average molecular weight is 453 g/mol. The minimum atomic E-state index is -4.85. The first-order valence-electron chi connectivity index (χ1n) is 8.85. The summed E-state index contributed by atoms with van der Waals surface area (Å²) < 4.78 is 84.1. The second-order valence-electron chi connectivity index (χ2n) is 6.59. The van der Waals surface area contributed by atoms with Gasteiger partial charge in [-0.05, 0) is 24.6 Å². The van der Waals surface area contributed by atoms with Crippen LogP contribution in [0.15, 0.2) is 24.3 Å². The molecule has 1 N–H and O–H groups in total. The number of thiazole rings is 1. The number of aromatic nitrogens is 1. The number of alkyl halides is 6. The van der Waals surface area contributed by atoms with Crippen molar-refractivity contribution in [1.29, 1.82) is 0 Å². The average Bonchev–Trinajstić information content (AvgIpc) is 3.14. The molecule has 5 nitrogen and oxygen atoms in total. The first-order valence-corrected chi connectivity index (χ1v) is 9.67. The number of anilines is 1. The number of hydrogen-bond donors (Lipinski definition) is 1. The van der Waals surface area contributed by atoms with Gasteiger partial charge in [0.2, 0.25) is 0 Å². The predicted octanol–water partition coefficient (Wildman–Crippen LogP) is 4.51. The van der Waals surface area contributed by atoms with Gasteiger partial charge in [-0.1, -0.05) is 23.5 Å². The smallest absolute Gasteiger partial charge is 0.378 e. The number of carbonyl (C=O) groups is 1. The van der Waals surface area contributed by atoms with Gasteiger partial charge in [0, 0.05) is 13.1 Å². The summed E-state index contributed by atoms with van der Waals surface area (Å²) in [7, 11) is 0. The van der Waals surface area contributed by atoms with Crippen LogP contribution in [0.3, 0.4) is 0 Å². The van der Waals surface area contributed by atoms with Gasteiger partial charge in [-0.2, -0.15) is 26.3 Å². The third-order valence-corrected chi connectivity index (χ3v) is 5.55. The lowest BCUT2D eigenvalue weighted by molar-refractivity contribution is -0.141. The summed E-state index contributed by atoms with van der Waals surface area (Å²) in [5.74, 6) is -1.05. The molecule has 0 radical (unpaired) electrons. The van der Waals surface area contributed by atoms with Crippen molar-refractivity contribution < 1.29 is 35.9 Å². The molecule has 0 aliphatic carbocycles. The number of rotatable bonds is 4. The van der Waals surface area contributed by atoms with Gasteiger partial charge in [-0.3, -0.25) is 4.79 Å². The number of carbonyl (C=O) groups excluding carboxylic acids is 1. The zero-order valence-corrected chi connectivity index (χ0v) is 16.4. The quantitative estimate of drug-likeness (QED) is 0.693. The molecule has 1 aromatic carbocycles. The van der Waals surface area contributed by atoms with Crippen molar-refractivity contribution in [3.63, 3.8) is 0 Å². The van der Waals surface area contributed by atoms with Crippen LogP contribution in [0.1, 0.15) is 39.5 Å². The molecule has 164 valence electrons. The minimum Gasteiger partial charge on any atom is -0.378 e.